The highest BCUT2D eigenvalue weighted by molar-refractivity contribution is 6.22. The number of benzene rings is 2. The molecule has 49 heavy (non-hydrogen) atoms. The zero-order valence-corrected chi connectivity index (χ0v) is 27.4. The molecule has 0 spiro atoms. The zero-order chi connectivity index (χ0) is 34.9. The summed E-state index contributed by atoms with van der Waals surface area (Å²) >= 11 is 0. The molecule has 1 unspecified atom stereocenters. The SMILES string of the molecule is C=CC(CCC(=O)NC)N1C(=O)c2ccc(N3CC(C#Cc4cnn(C(C)(C)C(=O)Nc5ccc(C#N)c6ncccc56)c4)C3)cc2C1=O. The maximum Gasteiger partial charge on any atom is 0.262 e. The van der Waals surface area contributed by atoms with Gasteiger partial charge in [0, 0.05) is 50.0 Å². The molecule has 0 aliphatic carbocycles. The molecular weight excluding hydrogens is 620 g/mol. The lowest BCUT2D eigenvalue weighted by Crippen LogP contribution is -2.46. The van der Waals surface area contributed by atoms with Crippen LogP contribution in [0.2, 0.25) is 0 Å². The molecule has 12 nitrogen and oxygen atoms in total. The first kappa shape index (κ1) is 32.7. The van der Waals surface area contributed by atoms with Crippen LogP contribution in [0, 0.1) is 29.1 Å². The van der Waals surface area contributed by atoms with E-state index in [9.17, 15) is 24.4 Å². The van der Waals surface area contributed by atoms with E-state index in [1.807, 2.05) is 12.1 Å². The van der Waals surface area contributed by atoms with Gasteiger partial charge in [0.15, 0.2) is 0 Å². The van der Waals surface area contributed by atoms with Crippen molar-refractivity contribution in [3.8, 4) is 17.9 Å². The fourth-order valence-electron chi connectivity index (χ4n) is 5.91. The maximum atomic E-state index is 13.4. The van der Waals surface area contributed by atoms with E-state index in [-0.39, 0.29) is 30.1 Å². The van der Waals surface area contributed by atoms with E-state index in [1.165, 1.54) is 11.0 Å². The number of pyridine rings is 1. The molecule has 2 aliphatic rings. The molecule has 4 aromatic rings. The molecule has 246 valence electrons. The van der Waals surface area contributed by atoms with E-state index in [1.54, 1.807) is 74.5 Å². The Balaban J connectivity index is 1.08. The van der Waals surface area contributed by atoms with Crippen molar-refractivity contribution in [1.82, 2.24) is 25.0 Å². The molecule has 1 fully saturated rings. The number of fused-ring (bicyclic) bond motifs is 2. The molecular formula is C37H34N8O4. The molecule has 2 aromatic heterocycles. The number of nitrogens with zero attached hydrogens (tertiary/aromatic N) is 6. The van der Waals surface area contributed by atoms with Crippen LogP contribution < -0.4 is 15.5 Å². The smallest absolute Gasteiger partial charge is 0.262 e. The van der Waals surface area contributed by atoms with Gasteiger partial charge in [0.25, 0.3) is 17.7 Å². The summed E-state index contributed by atoms with van der Waals surface area (Å²) in [6.07, 6.45) is 6.97. The minimum atomic E-state index is -1.05. The molecule has 2 N–H and O–H groups in total. The number of anilines is 2. The quantitative estimate of drug-likeness (QED) is 0.157. The highest BCUT2D eigenvalue weighted by Crippen LogP contribution is 2.33. The molecule has 6 rings (SSSR count). The molecule has 4 heterocycles. The third-order valence-corrected chi connectivity index (χ3v) is 8.97. The predicted octanol–water partition coefficient (Wildman–Crippen LogP) is 3.84. The Labute approximate surface area is 283 Å². The summed E-state index contributed by atoms with van der Waals surface area (Å²) < 4.78 is 1.57. The number of carbonyl (C=O) groups excluding carboxylic acids is 4. The van der Waals surface area contributed by atoms with Crippen LogP contribution in [0.5, 0.6) is 0 Å². The minimum absolute atomic E-state index is 0.0786. The number of amides is 4. The van der Waals surface area contributed by atoms with Crippen molar-refractivity contribution in [3.05, 3.63) is 96.0 Å². The highest BCUT2D eigenvalue weighted by Gasteiger charge is 2.40. The van der Waals surface area contributed by atoms with Gasteiger partial charge in [0.05, 0.1) is 51.6 Å². The lowest BCUT2D eigenvalue weighted by atomic mass is 9.98. The van der Waals surface area contributed by atoms with Crippen LogP contribution >= 0.6 is 0 Å². The number of nitriles is 1. The summed E-state index contributed by atoms with van der Waals surface area (Å²) in [4.78, 5) is 59.1. The number of carbonyl (C=O) groups is 4. The predicted molar refractivity (Wildman–Crippen MR) is 183 cm³/mol. The molecule has 1 atom stereocenters. The molecule has 4 amide bonds. The van der Waals surface area contributed by atoms with Crippen LogP contribution in [-0.4, -0.2) is 69.5 Å². The number of nitrogens with one attached hydrogen (secondary N) is 2. The summed E-state index contributed by atoms with van der Waals surface area (Å²) in [7, 11) is 1.54. The minimum Gasteiger partial charge on any atom is -0.369 e. The summed E-state index contributed by atoms with van der Waals surface area (Å²) in [5, 5.41) is 20.0. The first-order chi connectivity index (χ1) is 23.5. The summed E-state index contributed by atoms with van der Waals surface area (Å²) in [5.74, 6) is 5.28. The lowest BCUT2D eigenvalue weighted by molar-refractivity contribution is -0.123. The van der Waals surface area contributed by atoms with Crippen molar-refractivity contribution >= 4 is 45.9 Å². The number of hydrogen-bond donors (Lipinski definition) is 2. The van der Waals surface area contributed by atoms with Gasteiger partial charge in [-0.1, -0.05) is 17.9 Å². The second-order valence-electron chi connectivity index (χ2n) is 12.5. The lowest BCUT2D eigenvalue weighted by Gasteiger charge is -2.38. The van der Waals surface area contributed by atoms with Gasteiger partial charge < -0.3 is 15.5 Å². The van der Waals surface area contributed by atoms with Crippen LogP contribution in [-0.2, 0) is 15.1 Å². The molecule has 2 aliphatic heterocycles. The van der Waals surface area contributed by atoms with E-state index in [0.717, 1.165) is 5.69 Å². The van der Waals surface area contributed by atoms with Gasteiger partial charge in [-0.2, -0.15) is 10.4 Å². The van der Waals surface area contributed by atoms with Gasteiger partial charge in [-0.05, 0) is 62.7 Å². The normalized spacial score (nSPS) is 14.7. The molecule has 2 aromatic carbocycles. The number of imide groups is 1. The Morgan fingerprint density at radius 1 is 1.14 bits per heavy atom. The van der Waals surface area contributed by atoms with E-state index < -0.39 is 17.5 Å². The van der Waals surface area contributed by atoms with E-state index in [2.05, 4.69) is 50.1 Å². The number of rotatable bonds is 9. The molecule has 0 bridgehead atoms. The van der Waals surface area contributed by atoms with Crippen molar-refractivity contribution in [2.45, 2.75) is 38.3 Å². The Kier molecular flexibility index (Phi) is 8.72. The number of aromatic nitrogens is 3. The monoisotopic (exact) mass is 654 g/mol. The third-order valence-electron chi connectivity index (χ3n) is 8.97. The largest absolute Gasteiger partial charge is 0.369 e. The van der Waals surface area contributed by atoms with Gasteiger partial charge in [-0.15, -0.1) is 6.58 Å². The molecule has 0 saturated carbocycles. The first-order valence-corrected chi connectivity index (χ1v) is 15.8. The second-order valence-corrected chi connectivity index (χ2v) is 12.5. The summed E-state index contributed by atoms with van der Waals surface area (Å²) in [6.45, 7) is 8.59. The zero-order valence-electron chi connectivity index (χ0n) is 27.4. The van der Waals surface area contributed by atoms with Gasteiger partial charge in [-0.3, -0.25) is 33.7 Å². The highest BCUT2D eigenvalue weighted by atomic mass is 16.2. The number of hydrogen-bond acceptors (Lipinski definition) is 8. The standard InChI is InChI=1S/C37H34N8O4/c1-5-26(12-15-32(46)39-4)45-34(47)28-13-11-27(17-30(28)35(45)48)43-20-24(21-43)9-8-23-19-41-44(22-23)37(2,3)36(49)42-31-14-10-25(18-38)33-29(31)7-6-16-40-33/h5-7,10-11,13-14,16-17,19,22,24,26H,1,12,15,20-21H2,2-4H3,(H,39,46)(H,42,49). The van der Waals surface area contributed by atoms with Crippen molar-refractivity contribution < 1.29 is 19.2 Å². The fraction of sp³-hybridized carbons (Fsp3) is 0.270. The Hall–Kier alpha value is -6.27. The van der Waals surface area contributed by atoms with Crippen molar-refractivity contribution in [2.75, 3.05) is 30.4 Å². The maximum absolute atomic E-state index is 13.4. The summed E-state index contributed by atoms with van der Waals surface area (Å²) in [5.41, 5.74) is 2.63. The Morgan fingerprint density at radius 3 is 2.65 bits per heavy atom. The topological polar surface area (TPSA) is 153 Å². The Bertz CT molecular complexity index is 2130. The molecule has 0 radical (unpaired) electrons. The summed E-state index contributed by atoms with van der Waals surface area (Å²) in [6, 6.07) is 13.7. The molecule has 1 saturated heterocycles. The fourth-order valence-corrected chi connectivity index (χ4v) is 5.91. The van der Waals surface area contributed by atoms with E-state index >= 15 is 0 Å². The van der Waals surface area contributed by atoms with Crippen molar-refractivity contribution in [3.63, 3.8) is 0 Å². The van der Waals surface area contributed by atoms with E-state index in [0.29, 0.717) is 58.4 Å². The van der Waals surface area contributed by atoms with Gasteiger partial charge in [-0.25, -0.2) is 0 Å². The van der Waals surface area contributed by atoms with Gasteiger partial charge >= 0.3 is 0 Å². The van der Waals surface area contributed by atoms with Crippen LogP contribution in [0.3, 0.4) is 0 Å². The van der Waals surface area contributed by atoms with Crippen LogP contribution in [0.25, 0.3) is 10.9 Å². The second kappa shape index (κ2) is 13.1. The third kappa shape index (κ3) is 6.12. The van der Waals surface area contributed by atoms with Crippen molar-refractivity contribution in [2.24, 2.45) is 5.92 Å². The van der Waals surface area contributed by atoms with Gasteiger partial charge in [0.1, 0.15) is 11.6 Å². The average molecular weight is 655 g/mol. The average Bonchev–Trinajstić information content (AvgIpc) is 3.67. The van der Waals surface area contributed by atoms with Crippen LogP contribution in [0.4, 0.5) is 11.4 Å². The van der Waals surface area contributed by atoms with Crippen LogP contribution in [0.15, 0.2) is 73.7 Å². The Morgan fingerprint density at radius 2 is 1.92 bits per heavy atom. The van der Waals surface area contributed by atoms with E-state index in [4.69, 9.17) is 0 Å². The van der Waals surface area contributed by atoms with Crippen molar-refractivity contribution in [1.29, 1.82) is 5.26 Å². The first-order valence-electron chi connectivity index (χ1n) is 15.8. The van der Waals surface area contributed by atoms with Crippen LogP contribution in [0.1, 0.15) is 58.5 Å². The van der Waals surface area contributed by atoms with Gasteiger partial charge in [0.2, 0.25) is 5.91 Å². The molecule has 12 heteroatoms.